The van der Waals surface area contributed by atoms with Gasteiger partial charge in [0.1, 0.15) is 0 Å². The molecular formula is C25H27N9. The summed E-state index contributed by atoms with van der Waals surface area (Å²) in [6, 6.07) is 12.7. The summed E-state index contributed by atoms with van der Waals surface area (Å²) in [4.78, 5) is 13.9. The van der Waals surface area contributed by atoms with Gasteiger partial charge in [-0.3, -0.25) is 9.67 Å². The third-order valence-electron chi connectivity index (χ3n) is 6.59. The average Bonchev–Trinajstić information content (AvgIpc) is 3.42. The van der Waals surface area contributed by atoms with Gasteiger partial charge >= 0.3 is 0 Å². The van der Waals surface area contributed by atoms with Crippen molar-refractivity contribution >= 4 is 33.9 Å². The van der Waals surface area contributed by atoms with Gasteiger partial charge in [-0.25, -0.2) is 4.52 Å². The maximum absolute atomic E-state index is 4.74. The Morgan fingerprint density at radius 3 is 2.59 bits per heavy atom. The van der Waals surface area contributed by atoms with Crippen LogP contribution < -0.4 is 10.2 Å². The number of rotatable bonds is 4. The van der Waals surface area contributed by atoms with Gasteiger partial charge in [-0.15, -0.1) is 5.10 Å². The Morgan fingerprint density at radius 2 is 1.76 bits per heavy atom. The van der Waals surface area contributed by atoms with Crippen molar-refractivity contribution in [1.82, 2.24) is 34.3 Å². The molecular weight excluding hydrogens is 426 g/mol. The van der Waals surface area contributed by atoms with E-state index in [0.29, 0.717) is 11.6 Å². The van der Waals surface area contributed by atoms with Crippen molar-refractivity contribution in [3.63, 3.8) is 0 Å². The Bertz CT molecular complexity index is 1490. The van der Waals surface area contributed by atoms with E-state index in [1.807, 2.05) is 28.6 Å². The first-order valence-electron chi connectivity index (χ1n) is 11.5. The van der Waals surface area contributed by atoms with Gasteiger partial charge in [0.2, 0.25) is 5.95 Å². The number of aryl methyl sites for hydroxylation is 2. The molecule has 0 radical (unpaired) electrons. The molecule has 1 fully saturated rings. The van der Waals surface area contributed by atoms with Gasteiger partial charge in [-0.1, -0.05) is 6.07 Å². The van der Waals surface area contributed by atoms with Gasteiger partial charge in [0.05, 0.1) is 29.8 Å². The Kier molecular flexibility index (Phi) is 4.91. The fraction of sp³-hybridized carbons (Fsp3) is 0.280. The fourth-order valence-corrected chi connectivity index (χ4v) is 4.65. The minimum Gasteiger partial charge on any atom is -0.369 e. The minimum atomic E-state index is 0.545. The number of nitrogens with one attached hydrogen (secondary N) is 1. The number of nitrogens with zero attached hydrogens (tertiary/aromatic N) is 8. The number of anilines is 3. The zero-order valence-electron chi connectivity index (χ0n) is 19.6. The third kappa shape index (κ3) is 3.63. The zero-order chi connectivity index (χ0) is 23.2. The smallest absolute Gasteiger partial charge is 0.247 e. The number of likely N-dealkylation sites (N-methyl/N-ethyl adjacent to an activating group) is 1. The van der Waals surface area contributed by atoms with Crippen molar-refractivity contribution in [2.75, 3.05) is 43.4 Å². The number of hydrogen-bond acceptors (Lipinski definition) is 7. The number of hydrogen-bond donors (Lipinski definition) is 1. The predicted octanol–water partition coefficient (Wildman–Crippen LogP) is 3.48. The van der Waals surface area contributed by atoms with Crippen LogP contribution in [0.5, 0.6) is 0 Å². The van der Waals surface area contributed by atoms with E-state index in [-0.39, 0.29) is 0 Å². The molecule has 1 N–H and O–H groups in total. The summed E-state index contributed by atoms with van der Waals surface area (Å²) in [6.07, 6.45) is 5.42. The second-order valence-corrected chi connectivity index (χ2v) is 8.96. The molecule has 9 nitrogen and oxygen atoms in total. The van der Waals surface area contributed by atoms with Crippen LogP contribution in [-0.2, 0) is 7.05 Å². The van der Waals surface area contributed by atoms with E-state index in [1.165, 1.54) is 11.3 Å². The first-order chi connectivity index (χ1) is 16.5. The van der Waals surface area contributed by atoms with E-state index >= 15 is 0 Å². The highest BCUT2D eigenvalue weighted by Crippen LogP contribution is 2.27. The molecule has 1 saturated heterocycles. The first-order valence-corrected chi connectivity index (χ1v) is 11.5. The highest BCUT2D eigenvalue weighted by Gasteiger charge is 2.16. The summed E-state index contributed by atoms with van der Waals surface area (Å²) in [5.74, 6) is 0.545. The molecule has 9 heteroatoms. The molecule has 1 aliphatic heterocycles. The fourth-order valence-electron chi connectivity index (χ4n) is 4.65. The number of benzene rings is 2. The molecule has 0 saturated carbocycles. The van der Waals surface area contributed by atoms with Crippen molar-refractivity contribution < 1.29 is 0 Å². The van der Waals surface area contributed by atoms with Crippen LogP contribution in [0.2, 0.25) is 0 Å². The van der Waals surface area contributed by atoms with Gasteiger partial charge < -0.3 is 15.1 Å². The highest BCUT2D eigenvalue weighted by molar-refractivity contribution is 5.84. The summed E-state index contributed by atoms with van der Waals surface area (Å²) in [5.41, 5.74) is 7.17. The van der Waals surface area contributed by atoms with Crippen molar-refractivity contribution in [3.05, 3.63) is 60.6 Å². The molecule has 34 heavy (non-hydrogen) atoms. The molecule has 0 atom stereocenters. The number of aromatic nitrogens is 6. The molecule has 4 heterocycles. The largest absolute Gasteiger partial charge is 0.369 e. The Morgan fingerprint density at radius 1 is 0.912 bits per heavy atom. The van der Waals surface area contributed by atoms with Crippen LogP contribution in [-0.4, -0.2) is 67.5 Å². The van der Waals surface area contributed by atoms with Gasteiger partial charge in [0.25, 0.3) is 0 Å². The lowest BCUT2D eigenvalue weighted by atomic mass is 10.1. The molecule has 6 rings (SSSR count). The van der Waals surface area contributed by atoms with Crippen molar-refractivity contribution in [2.45, 2.75) is 6.92 Å². The van der Waals surface area contributed by atoms with E-state index in [9.17, 15) is 0 Å². The van der Waals surface area contributed by atoms with Crippen LogP contribution in [0.1, 0.15) is 5.56 Å². The third-order valence-corrected chi connectivity index (χ3v) is 6.59. The molecule has 2 aromatic carbocycles. The van der Waals surface area contributed by atoms with Gasteiger partial charge in [0, 0.05) is 55.6 Å². The molecule has 3 aromatic heterocycles. The molecule has 5 aromatic rings. The van der Waals surface area contributed by atoms with Crippen molar-refractivity contribution in [2.24, 2.45) is 7.05 Å². The Labute approximate surface area is 197 Å². The minimum absolute atomic E-state index is 0.545. The molecule has 0 bridgehead atoms. The van der Waals surface area contributed by atoms with Crippen LogP contribution >= 0.6 is 0 Å². The highest BCUT2D eigenvalue weighted by atomic mass is 15.4. The predicted molar refractivity (Wildman–Crippen MR) is 135 cm³/mol. The van der Waals surface area contributed by atoms with E-state index in [2.05, 4.69) is 80.6 Å². The van der Waals surface area contributed by atoms with Crippen molar-refractivity contribution in [3.8, 4) is 11.3 Å². The second kappa shape index (κ2) is 8.11. The molecule has 1 aliphatic rings. The maximum Gasteiger partial charge on any atom is 0.247 e. The Balaban J connectivity index is 1.29. The SMILES string of the molecule is Cc1cc(Nc2nc3cncc(-c4ccc5c(cnn5C)c4)n3n2)ccc1N1CCN(C)CC1. The lowest BCUT2D eigenvalue weighted by molar-refractivity contribution is 0.312. The van der Waals surface area contributed by atoms with Crippen LogP contribution in [0.3, 0.4) is 0 Å². The van der Waals surface area contributed by atoms with Gasteiger partial charge in [0.15, 0.2) is 5.65 Å². The molecule has 0 aliphatic carbocycles. The van der Waals surface area contributed by atoms with E-state index in [1.54, 1.807) is 6.20 Å². The number of fused-ring (bicyclic) bond motifs is 2. The monoisotopic (exact) mass is 453 g/mol. The van der Waals surface area contributed by atoms with Crippen molar-refractivity contribution in [1.29, 1.82) is 0 Å². The molecule has 0 unspecified atom stereocenters. The van der Waals surface area contributed by atoms with Crippen LogP contribution in [0.25, 0.3) is 27.8 Å². The van der Waals surface area contributed by atoms with E-state index in [0.717, 1.165) is 54.0 Å². The van der Waals surface area contributed by atoms with Gasteiger partial charge in [-0.2, -0.15) is 10.1 Å². The summed E-state index contributed by atoms with van der Waals surface area (Å²) in [7, 11) is 4.12. The topological polar surface area (TPSA) is 79.4 Å². The molecule has 0 amide bonds. The van der Waals surface area contributed by atoms with Crippen LogP contribution in [0.15, 0.2) is 55.0 Å². The lowest BCUT2D eigenvalue weighted by Crippen LogP contribution is -2.44. The zero-order valence-corrected chi connectivity index (χ0v) is 19.6. The normalized spacial score (nSPS) is 14.9. The second-order valence-electron chi connectivity index (χ2n) is 8.96. The Hall–Kier alpha value is -3.98. The van der Waals surface area contributed by atoms with Gasteiger partial charge in [-0.05, 0) is 49.9 Å². The average molecular weight is 454 g/mol. The summed E-state index contributed by atoms with van der Waals surface area (Å²) in [6.45, 7) is 6.45. The van der Waals surface area contributed by atoms with Crippen LogP contribution in [0.4, 0.5) is 17.3 Å². The summed E-state index contributed by atoms with van der Waals surface area (Å²) in [5, 5.41) is 13.5. The summed E-state index contributed by atoms with van der Waals surface area (Å²) >= 11 is 0. The lowest BCUT2D eigenvalue weighted by Gasteiger charge is -2.35. The van der Waals surface area contributed by atoms with Crippen LogP contribution in [0, 0.1) is 6.92 Å². The number of piperazine rings is 1. The first kappa shape index (κ1) is 20.6. The maximum atomic E-state index is 4.74. The van der Waals surface area contributed by atoms with E-state index in [4.69, 9.17) is 5.10 Å². The molecule has 172 valence electrons. The standard InChI is InChI=1S/C25H27N9/c1-17-12-20(5-7-21(17)33-10-8-31(2)9-11-33)28-25-29-24-16-26-15-23(34(24)30-25)18-4-6-22-19(13-18)14-27-32(22)3/h4-7,12-16H,8-11H2,1-3H3,(H,28,30). The quantitative estimate of drug-likeness (QED) is 0.446. The summed E-state index contributed by atoms with van der Waals surface area (Å²) < 4.78 is 3.70. The molecule has 0 spiro atoms. The van der Waals surface area contributed by atoms with E-state index < -0.39 is 0 Å².